The minimum absolute atomic E-state index is 0.395. The fourth-order valence-corrected chi connectivity index (χ4v) is 1.16. The Hall–Kier alpha value is -1.25. The average Bonchev–Trinajstić information content (AvgIpc) is 2.15. The standard InChI is InChI=1S/C12H15BO2/c1-12(2,3)15-11(14)10(13)9-7-5-4-6-8-9/h4-8,10H,1-3H3/t10-/m1/s1. The molecule has 78 valence electrons. The third-order valence-electron chi connectivity index (χ3n) is 1.82. The predicted molar refractivity (Wildman–Crippen MR) is 60.8 cm³/mol. The quantitative estimate of drug-likeness (QED) is 0.543. The molecule has 1 aromatic carbocycles. The maximum Gasteiger partial charge on any atom is 0.304 e. The Bertz CT molecular complexity index is 327. The number of benzene rings is 1. The Kier molecular flexibility index (Phi) is 3.56. The van der Waals surface area contributed by atoms with Gasteiger partial charge >= 0.3 is 5.97 Å². The van der Waals surface area contributed by atoms with Crippen LogP contribution in [0.4, 0.5) is 0 Å². The van der Waals surface area contributed by atoms with Gasteiger partial charge in [-0.05, 0) is 26.3 Å². The molecule has 15 heavy (non-hydrogen) atoms. The van der Waals surface area contributed by atoms with Crippen molar-refractivity contribution in [1.82, 2.24) is 0 Å². The van der Waals surface area contributed by atoms with Crippen molar-refractivity contribution in [2.45, 2.75) is 32.2 Å². The summed E-state index contributed by atoms with van der Waals surface area (Å²) in [5.41, 5.74) is 0.274. The van der Waals surface area contributed by atoms with Gasteiger partial charge in [-0.3, -0.25) is 4.79 Å². The van der Waals surface area contributed by atoms with Crippen molar-refractivity contribution >= 4 is 13.8 Å². The van der Waals surface area contributed by atoms with Crippen molar-refractivity contribution in [2.24, 2.45) is 0 Å². The van der Waals surface area contributed by atoms with Crippen LogP contribution in [0.2, 0.25) is 0 Å². The number of carbonyl (C=O) groups is 1. The molecule has 0 aromatic heterocycles. The summed E-state index contributed by atoms with van der Waals surface area (Å²) >= 11 is 0. The first kappa shape index (κ1) is 11.8. The van der Waals surface area contributed by atoms with Gasteiger partial charge in [0.15, 0.2) is 0 Å². The number of rotatable bonds is 2. The van der Waals surface area contributed by atoms with Crippen molar-refractivity contribution in [3.63, 3.8) is 0 Å². The van der Waals surface area contributed by atoms with Crippen LogP contribution < -0.4 is 0 Å². The Morgan fingerprint density at radius 2 is 1.80 bits per heavy atom. The molecule has 0 aliphatic carbocycles. The molecule has 0 aliphatic heterocycles. The monoisotopic (exact) mass is 202 g/mol. The van der Waals surface area contributed by atoms with E-state index < -0.39 is 17.4 Å². The molecule has 0 saturated heterocycles. The molecular formula is C12H15BO2. The van der Waals surface area contributed by atoms with Crippen LogP contribution in [0.5, 0.6) is 0 Å². The first-order chi connectivity index (χ1) is 6.90. The molecule has 3 heteroatoms. The summed E-state index contributed by atoms with van der Waals surface area (Å²) in [5.74, 6) is -1.10. The predicted octanol–water partition coefficient (Wildman–Crippen LogP) is 2.24. The topological polar surface area (TPSA) is 26.3 Å². The number of hydrogen-bond donors (Lipinski definition) is 0. The van der Waals surface area contributed by atoms with Crippen molar-refractivity contribution in [1.29, 1.82) is 0 Å². The van der Waals surface area contributed by atoms with E-state index in [0.29, 0.717) is 0 Å². The molecule has 0 heterocycles. The molecule has 0 spiro atoms. The van der Waals surface area contributed by atoms with E-state index in [-0.39, 0.29) is 0 Å². The van der Waals surface area contributed by atoms with Crippen LogP contribution in [-0.4, -0.2) is 19.4 Å². The van der Waals surface area contributed by atoms with Crippen molar-refractivity contribution < 1.29 is 9.53 Å². The lowest BCUT2D eigenvalue weighted by molar-refractivity contribution is -0.154. The van der Waals surface area contributed by atoms with Gasteiger partial charge in [-0.1, -0.05) is 30.3 Å². The fourth-order valence-electron chi connectivity index (χ4n) is 1.16. The maximum absolute atomic E-state index is 11.6. The summed E-state index contributed by atoms with van der Waals surface area (Å²) in [6.45, 7) is 5.47. The molecule has 1 atom stereocenters. The Morgan fingerprint density at radius 3 is 2.27 bits per heavy atom. The van der Waals surface area contributed by atoms with Gasteiger partial charge in [0.1, 0.15) is 5.60 Å². The van der Waals surface area contributed by atoms with Crippen LogP contribution in [-0.2, 0) is 9.53 Å². The van der Waals surface area contributed by atoms with Gasteiger partial charge in [0, 0.05) is 5.82 Å². The van der Waals surface area contributed by atoms with E-state index in [1.54, 1.807) is 0 Å². The Labute approximate surface area is 92.0 Å². The van der Waals surface area contributed by atoms with Crippen LogP contribution in [0.15, 0.2) is 30.3 Å². The first-order valence-corrected chi connectivity index (χ1v) is 4.93. The van der Waals surface area contributed by atoms with Crippen LogP contribution in [0.3, 0.4) is 0 Å². The number of hydrogen-bond acceptors (Lipinski definition) is 2. The SMILES string of the molecule is [B][C@@H](C(=O)OC(C)(C)C)c1ccccc1. The van der Waals surface area contributed by atoms with Gasteiger partial charge in [0.2, 0.25) is 0 Å². The average molecular weight is 202 g/mol. The molecule has 1 rings (SSSR count). The fraction of sp³-hybridized carbons (Fsp3) is 0.417. The number of carbonyl (C=O) groups excluding carboxylic acids is 1. The van der Waals surface area contributed by atoms with Crippen LogP contribution in [0.25, 0.3) is 0 Å². The summed E-state index contributed by atoms with van der Waals surface area (Å²) in [7, 11) is 5.77. The molecule has 0 unspecified atom stereocenters. The zero-order valence-electron chi connectivity index (χ0n) is 9.36. The van der Waals surface area contributed by atoms with Crippen molar-refractivity contribution in [3.05, 3.63) is 35.9 Å². The molecule has 0 fully saturated rings. The zero-order chi connectivity index (χ0) is 11.5. The first-order valence-electron chi connectivity index (χ1n) is 4.93. The molecular weight excluding hydrogens is 187 g/mol. The third kappa shape index (κ3) is 3.78. The van der Waals surface area contributed by atoms with E-state index in [1.807, 2.05) is 51.1 Å². The Balaban J connectivity index is 2.70. The summed E-state index contributed by atoms with van der Waals surface area (Å²) in [4.78, 5) is 11.6. The minimum atomic E-state index is -0.703. The largest absolute Gasteiger partial charge is 0.460 e. The highest BCUT2D eigenvalue weighted by molar-refractivity contribution is 6.23. The van der Waals surface area contributed by atoms with Gasteiger partial charge < -0.3 is 4.74 Å². The molecule has 0 saturated carbocycles. The van der Waals surface area contributed by atoms with E-state index in [9.17, 15) is 4.79 Å². The van der Waals surface area contributed by atoms with Crippen molar-refractivity contribution in [2.75, 3.05) is 0 Å². The highest BCUT2D eigenvalue weighted by Gasteiger charge is 2.22. The van der Waals surface area contributed by atoms with E-state index >= 15 is 0 Å². The third-order valence-corrected chi connectivity index (χ3v) is 1.82. The molecule has 0 amide bonds. The van der Waals surface area contributed by atoms with Gasteiger partial charge in [-0.25, -0.2) is 0 Å². The lowest BCUT2D eigenvalue weighted by Gasteiger charge is -2.22. The molecule has 1 aromatic rings. The smallest absolute Gasteiger partial charge is 0.304 e. The second-order valence-electron chi connectivity index (χ2n) is 4.42. The normalized spacial score (nSPS) is 13.3. The summed E-state index contributed by atoms with van der Waals surface area (Å²) in [5, 5.41) is 0. The van der Waals surface area contributed by atoms with Crippen LogP contribution in [0, 0.1) is 0 Å². The second kappa shape index (κ2) is 4.52. The van der Waals surface area contributed by atoms with Gasteiger partial charge in [0.05, 0.1) is 7.85 Å². The van der Waals surface area contributed by atoms with E-state index in [4.69, 9.17) is 12.6 Å². The van der Waals surface area contributed by atoms with E-state index in [0.717, 1.165) is 5.56 Å². The van der Waals surface area contributed by atoms with Crippen LogP contribution >= 0.6 is 0 Å². The molecule has 0 N–H and O–H groups in total. The second-order valence-corrected chi connectivity index (χ2v) is 4.42. The summed E-state index contributed by atoms with van der Waals surface area (Å²) in [6.07, 6.45) is 0. The molecule has 2 radical (unpaired) electrons. The van der Waals surface area contributed by atoms with E-state index in [1.165, 1.54) is 0 Å². The highest BCUT2D eigenvalue weighted by atomic mass is 16.6. The zero-order valence-corrected chi connectivity index (χ0v) is 9.36. The summed E-state index contributed by atoms with van der Waals surface area (Å²) in [6, 6.07) is 9.20. The molecule has 0 bridgehead atoms. The Morgan fingerprint density at radius 1 is 1.27 bits per heavy atom. The van der Waals surface area contributed by atoms with Gasteiger partial charge in [-0.2, -0.15) is 0 Å². The summed E-state index contributed by atoms with van der Waals surface area (Å²) < 4.78 is 5.19. The van der Waals surface area contributed by atoms with Crippen molar-refractivity contribution in [3.8, 4) is 0 Å². The van der Waals surface area contributed by atoms with Gasteiger partial charge in [0.25, 0.3) is 0 Å². The minimum Gasteiger partial charge on any atom is -0.460 e. The lowest BCUT2D eigenvalue weighted by Crippen LogP contribution is -2.27. The van der Waals surface area contributed by atoms with Gasteiger partial charge in [-0.15, -0.1) is 0 Å². The number of esters is 1. The van der Waals surface area contributed by atoms with E-state index in [2.05, 4.69) is 0 Å². The van der Waals surface area contributed by atoms with Crippen LogP contribution in [0.1, 0.15) is 32.2 Å². The molecule has 2 nitrogen and oxygen atoms in total. The number of ether oxygens (including phenoxy) is 1. The maximum atomic E-state index is 11.6. The highest BCUT2D eigenvalue weighted by Crippen LogP contribution is 2.17. The lowest BCUT2D eigenvalue weighted by atomic mass is 9.81. The molecule has 0 aliphatic rings.